The van der Waals surface area contributed by atoms with Crippen molar-refractivity contribution in [1.29, 1.82) is 0 Å². The van der Waals surface area contributed by atoms with Crippen LogP contribution in [-0.2, 0) is 15.3 Å². The monoisotopic (exact) mass is 233 g/mol. The Hall–Kier alpha value is -0.530. The summed E-state index contributed by atoms with van der Waals surface area (Å²) in [6.45, 7) is 0.321. The van der Waals surface area contributed by atoms with Gasteiger partial charge in [0.1, 0.15) is 11.3 Å². The van der Waals surface area contributed by atoms with Crippen LogP contribution in [0.5, 0.6) is 0 Å². The van der Waals surface area contributed by atoms with Crippen molar-refractivity contribution >= 4 is 21.4 Å². The Morgan fingerprint density at radius 2 is 2.43 bits per heavy atom. The Morgan fingerprint density at radius 1 is 1.64 bits per heavy atom. The van der Waals surface area contributed by atoms with E-state index in [0.717, 1.165) is 5.01 Å². The van der Waals surface area contributed by atoms with E-state index in [9.17, 15) is 8.42 Å². The minimum Gasteiger partial charge on any atom is -0.329 e. The fourth-order valence-electron chi connectivity index (χ4n) is 1.74. The summed E-state index contributed by atoms with van der Waals surface area (Å²) in [6, 6.07) is 0. The van der Waals surface area contributed by atoms with Crippen molar-refractivity contribution in [2.75, 3.05) is 18.1 Å². The number of rotatable bonds is 2. The lowest BCUT2D eigenvalue weighted by molar-refractivity contribution is 0.492. The fourth-order valence-corrected chi connectivity index (χ4v) is 4.66. The topological polar surface area (TPSA) is 85.9 Å². The zero-order valence-electron chi connectivity index (χ0n) is 7.51. The van der Waals surface area contributed by atoms with Crippen LogP contribution in [0.15, 0.2) is 6.33 Å². The number of nitrogens with zero attached hydrogens (tertiary/aromatic N) is 2. The first-order valence-electron chi connectivity index (χ1n) is 4.26. The van der Waals surface area contributed by atoms with Crippen molar-refractivity contribution in [1.82, 2.24) is 9.36 Å². The Balaban J connectivity index is 2.39. The molecule has 1 unspecified atom stereocenters. The van der Waals surface area contributed by atoms with E-state index < -0.39 is 15.3 Å². The zero-order chi connectivity index (χ0) is 10.2. The summed E-state index contributed by atoms with van der Waals surface area (Å²) in [5.74, 6) is 0.329. The Bertz CT molecular complexity index is 414. The molecular weight excluding hydrogens is 222 g/mol. The molecule has 0 spiro atoms. The van der Waals surface area contributed by atoms with Gasteiger partial charge in [-0.1, -0.05) is 0 Å². The molecule has 1 aliphatic heterocycles. The molecule has 0 radical (unpaired) electrons. The van der Waals surface area contributed by atoms with E-state index in [1.807, 2.05) is 0 Å². The molecular formula is C7H11N3O2S2. The summed E-state index contributed by atoms with van der Waals surface area (Å²) in [7, 11) is -2.93. The maximum Gasteiger partial charge on any atom is 0.151 e. The molecule has 1 aliphatic rings. The van der Waals surface area contributed by atoms with Crippen LogP contribution in [-0.4, -0.2) is 35.8 Å². The molecule has 0 bridgehead atoms. The summed E-state index contributed by atoms with van der Waals surface area (Å²) in [4.78, 5) is 4.07. The minimum atomic E-state index is -2.93. The third kappa shape index (κ3) is 1.55. The van der Waals surface area contributed by atoms with Gasteiger partial charge in [-0.2, -0.15) is 4.37 Å². The summed E-state index contributed by atoms with van der Waals surface area (Å²) >= 11 is 1.24. The number of hydrogen-bond acceptors (Lipinski definition) is 6. The van der Waals surface area contributed by atoms with Crippen molar-refractivity contribution in [2.24, 2.45) is 5.73 Å². The molecule has 5 nitrogen and oxygen atoms in total. The minimum absolute atomic E-state index is 0.117. The highest BCUT2D eigenvalue weighted by Crippen LogP contribution is 2.35. The summed E-state index contributed by atoms with van der Waals surface area (Å²) in [5.41, 5.74) is 5.18. The first kappa shape index (κ1) is 10.0. The van der Waals surface area contributed by atoms with E-state index in [-0.39, 0.29) is 11.5 Å². The molecule has 1 saturated heterocycles. The largest absolute Gasteiger partial charge is 0.329 e. The van der Waals surface area contributed by atoms with E-state index in [1.165, 1.54) is 17.9 Å². The highest BCUT2D eigenvalue weighted by atomic mass is 32.2. The molecule has 0 saturated carbocycles. The molecule has 78 valence electrons. The standard InChI is InChI=1S/C7H11N3O2S2/c8-3-7(6-9-5-10-13-6)1-2-14(11,12)4-7/h5H,1-4,8H2. The van der Waals surface area contributed by atoms with E-state index in [4.69, 9.17) is 5.73 Å². The maximum atomic E-state index is 11.4. The van der Waals surface area contributed by atoms with Crippen molar-refractivity contribution in [3.05, 3.63) is 11.3 Å². The quantitative estimate of drug-likeness (QED) is 0.748. The van der Waals surface area contributed by atoms with Gasteiger partial charge in [-0.25, -0.2) is 13.4 Å². The predicted molar refractivity (Wildman–Crippen MR) is 53.9 cm³/mol. The van der Waals surface area contributed by atoms with E-state index >= 15 is 0 Å². The fraction of sp³-hybridized carbons (Fsp3) is 0.714. The lowest BCUT2D eigenvalue weighted by atomic mass is 9.89. The van der Waals surface area contributed by atoms with Gasteiger partial charge < -0.3 is 5.73 Å². The molecule has 1 atom stereocenters. The molecule has 0 aromatic carbocycles. The van der Waals surface area contributed by atoms with E-state index in [0.29, 0.717) is 13.0 Å². The van der Waals surface area contributed by atoms with Gasteiger partial charge in [0, 0.05) is 6.54 Å². The molecule has 14 heavy (non-hydrogen) atoms. The van der Waals surface area contributed by atoms with Gasteiger partial charge in [-0.05, 0) is 18.0 Å². The van der Waals surface area contributed by atoms with Crippen molar-refractivity contribution in [2.45, 2.75) is 11.8 Å². The SMILES string of the molecule is NCC1(c2ncns2)CCS(=O)(=O)C1. The summed E-state index contributed by atoms with van der Waals surface area (Å²) in [5, 5.41) is 0.751. The molecule has 2 rings (SSSR count). The lowest BCUT2D eigenvalue weighted by Crippen LogP contribution is -2.36. The molecule has 2 heterocycles. The van der Waals surface area contributed by atoms with Gasteiger partial charge in [0.15, 0.2) is 9.84 Å². The highest BCUT2D eigenvalue weighted by molar-refractivity contribution is 7.91. The average Bonchev–Trinajstić information content (AvgIpc) is 2.72. The number of hydrogen-bond donors (Lipinski definition) is 1. The Morgan fingerprint density at radius 3 is 2.86 bits per heavy atom. The van der Waals surface area contributed by atoms with Crippen LogP contribution in [0.25, 0.3) is 0 Å². The van der Waals surface area contributed by atoms with Crippen LogP contribution in [0.1, 0.15) is 11.4 Å². The molecule has 2 N–H and O–H groups in total. The number of nitrogens with two attached hydrogens (primary N) is 1. The maximum absolute atomic E-state index is 11.4. The van der Waals surface area contributed by atoms with Gasteiger partial charge in [0.2, 0.25) is 0 Å². The van der Waals surface area contributed by atoms with E-state index in [1.54, 1.807) is 0 Å². The molecule has 1 aromatic rings. The van der Waals surface area contributed by atoms with Crippen LogP contribution < -0.4 is 5.73 Å². The predicted octanol–water partition coefficient (Wildman–Crippen LogP) is -0.447. The van der Waals surface area contributed by atoms with E-state index in [2.05, 4.69) is 9.36 Å². The van der Waals surface area contributed by atoms with Crippen LogP contribution >= 0.6 is 11.5 Å². The molecule has 0 aliphatic carbocycles. The van der Waals surface area contributed by atoms with Gasteiger partial charge >= 0.3 is 0 Å². The third-order valence-electron chi connectivity index (χ3n) is 2.59. The van der Waals surface area contributed by atoms with Gasteiger partial charge in [0.25, 0.3) is 0 Å². The molecule has 1 aromatic heterocycles. The second-order valence-electron chi connectivity index (χ2n) is 3.57. The molecule has 1 fully saturated rings. The van der Waals surface area contributed by atoms with Gasteiger partial charge in [0.05, 0.1) is 16.9 Å². The van der Waals surface area contributed by atoms with Crippen LogP contribution in [0.2, 0.25) is 0 Å². The number of sulfone groups is 1. The van der Waals surface area contributed by atoms with Gasteiger partial charge in [-0.3, -0.25) is 0 Å². The summed E-state index contributed by atoms with van der Waals surface area (Å²) < 4.78 is 26.7. The van der Waals surface area contributed by atoms with Crippen LogP contribution in [0, 0.1) is 0 Å². The van der Waals surface area contributed by atoms with Crippen molar-refractivity contribution in [3.8, 4) is 0 Å². The highest BCUT2D eigenvalue weighted by Gasteiger charge is 2.44. The van der Waals surface area contributed by atoms with Crippen molar-refractivity contribution < 1.29 is 8.42 Å². The van der Waals surface area contributed by atoms with Crippen LogP contribution in [0.3, 0.4) is 0 Å². The summed E-state index contributed by atoms with van der Waals surface area (Å²) in [6.07, 6.45) is 2.02. The lowest BCUT2D eigenvalue weighted by Gasteiger charge is -2.21. The average molecular weight is 233 g/mol. The first-order chi connectivity index (χ1) is 6.58. The smallest absolute Gasteiger partial charge is 0.151 e. The normalized spacial score (nSPS) is 30.6. The Labute approximate surface area is 86.4 Å². The number of aromatic nitrogens is 2. The third-order valence-corrected chi connectivity index (χ3v) is 5.32. The first-order valence-corrected chi connectivity index (χ1v) is 6.85. The Kier molecular flexibility index (Phi) is 2.32. The van der Waals surface area contributed by atoms with Crippen molar-refractivity contribution in [3.63, 3.8) is 0 Å². The molecule has 7 heteroatoms. The zero-order valence-corrected chi connectivity index (χ0v) is 9.14. The molecule has 0 amide bonds. The second kappa shape index (κ2) is 3.25. The second-order valence-corrected chi connectivity index (χ2v) is 6.54. The van der Waals surface area contributed by atoms with Crippen LogP contribution in [0.4, 0.5) is 0 Å². The van der Waals surface area contributed by atoms with Gasteiger partial charge in [-0.15, -0.1) is 0 Å².